The zero-order valence-electron chi connectivity index (χ0n) is 16.4. The third-order valence-electron chi connectivity index (χ3n) is 4.12. The van der Waals surface area contributed by atoms with Gasteiger partial charge >= 0.3 is 5.97 Å². The Labute approximate surface area is 167 Å². The van der Waals surface area contributed by atoms with Crippen LogP contribution in [0.1, 0.15) is 39.5 Å². The maximum atomic E-state index is 11.8. The van der Waals surface area contributed by atoms with E-state index in [0.717, 1.165) is 4.90 Å². The maximum Gasteiger partial charge on any atom is 0.325 e. The van der Waals surface area contributed by atoms with E-state index in [1.807, 2.05) is 0 Å². The van der Waals surface area contributed by atoms with E-state index >= 15 is 0 Å². The lowest BCUT2D eigenvalue weighted by Crippen LogP contribution is -2.49. The standard InChI is InChI=1S/C18H26N4O7/c1-11(17(27)21-12(2)18(28)29)20-14(24)6-4-3-5-13(23)19-9-10-22-15(25)7-8-16(22)26/h7-8,11-12H,3-6,9-10H2,1-2H3,(H,19,23)(H,20,24)(H,21,27)(H,28,29)/t11-,12?/m0/s1. The average Bonchev–Trinajstić information content (AvgIpc) is 2.97. The summed E-state index contributed by atoms with van der Waals surface area (Å²) >= 11 is 0. The predicted molar refractivity (Wildman–Crippen MR) is 100 cm³/mol. The Morgan fingerprint density at radius 1 is 0.931 bits per heavy atom. The van der Waals surface area contributed by atoms with Crippen LogP contribution >= 0.6 is 0 Å². The molecule has 1 unspecified atom stereocenters. The summed E-state index contributed by atoms with van der Waals surface area (Å²) in [4.78, 5) is 69.7. The second-order valence-corrected chi connectivity index (χ2v) is 6.58. The molecule has 1 heterocycles. The Bertz CT molecular complexity index is 686. The number of unbranched alkanes of at least 4 members (excludes halogenated alkanes) is 1. The van der Waals surface area contributed by atoms with Gasteiger partial charge in [-0.25, -0.2) is 0 Å². The average molecular weight is 410 g/mol. The molecule has 0 saturated carbocycles. The Balaban J connectivity index is 2.13. The molecule has 29 heavy (non-hydrogen) atoms. The Morgan fingerprint density at radius 3 is 2.03 bits per heavy atom. The Morgan fingerprint density at radius 2 is 1.48 bits per heavy atom. The molecule has 0 aliphatic carbocycles. The number of imide groups is 1. The number of rotatable bonds is 12. The van der Waals surface area contributed by atoms with Crippen molar-refractivity contribution >= 4 is 35.5 Å². The van der Waals surface area contributed by atoms with E-state index in [9.17, 15) is 28.8 Å². The summed E-state index contributed by atoms with van der Waals surface area (Å²) in [6.45, 7) is 3.01. The molecule has 0 aromatic heterocycles. The molecule has 4 N–H and O–H groups in total. The zero-order valence-corrected chi connectivity index (χ0v) is 16.4. The number of carboxylic acids is 1. The van der Waals surface area contributed by atoms with Gasteiger partial charge in [0.2, 0.25) is 17.7 Å². The molecule has 0 spiro atoms. The molecule has 2 atom stereocenters. The number of carboxylic acid groups (broad SMARTS) is 1. The van der Waals surface area contributed by atoms with E-state index in [1.54, 1.807) is 0 Å². The van der Waals surface area contributed by atoms with Crippen molar-refractivity contribution in [3.8, 4) is 0 Å². The van der Waals surface area contributed by atoms with E-state index < -0.39 is 35.8 Å². The molecule has 11 heteroatoms. The fraction of sp³-hybridized carbons (Fsp3) is 0.556. The minimum absolute atomic E-state index is 0.0965. The van der Waals surface area contributed by atoms with Crippen LogP contribution in [0.3, 0.4) is 0 Å². The van der Waals surface area contributed by atoms with Gasteiger partial charge in [-0.15, -0.1) is 0 Å². The number of carbonyl (C=O) groups is 6. The molecule has 0 aromatic carbocycles. The lowest BCUT2D eigenvalue weighted by atomic mass is 10.1. The van der Waals surface area contributed by atoms with Crippen molar-refractivity contribution in [1.82, 2.24) is 20.9 Å². The van der Waals surface area contributed by atoms with E-state index in [4.69, 9.17) is 5.11 Å². The first-order chi connectivity index (χ1) is 13.6. The van der Waals surface area contributed by atoms with Gasteiger partial charge in [0.05, 0.1) is 0 Å². The highest BCUT2D eigenvalue weighted by Crippen LogP contribution is 2.03. The van der Waals surface area contributed by atoms with Crippen molar-refractivity contribution < 1.29 is 33.9 Å². The van der Waals surface area contributed by atoms with Crippen molar-refractivity contribution in [3.63, 3.8) is 0 Å². The quantitative estimate of drug-likeness (QED) is 0.229. The van der Waals surface area contributed by atoms with Crippen LogP contribution in [0, 0.1) is 0 Å². The van der Waals surface area contributed by atoms with Gasteiger partial charge in [-0.05, 0) is 26.7 Å². The van der Waals surface area contributed by atoms with Gasteiger partial charge in [-0.1, -0.05) is 0 Å². The molecular formula is C18H26N4O7. The second kappa shape index (κ2) is 11.6. The number of hydrogen-bond acceptors (Lipinski definition) is 6. The molecule has 0 aromatic rings. The van der Waals surface area contributed by atoms with Crippen molar-refractivity contribution in [2.24, 2.45) is 0 Å². The Hall–Kier alpha value is -3.24. The first-order valence-corrected chi connectivity index (χ1v) is 9.24. The molecule has 0 radical (unpaired) electrons. The van der Waals surface area contributed by atoms with Gasteiger partial charge in [-0.2, -0.15) is 0 Å². The van der Waals surface area contributed by atoms with Gasteiger partial charge in [0.15, 0.2) is 0 Å². The molecule has 1 rings (SSSR count). The predicted octanol–water partition coefficient (Wildman–Crippen LogP) is -1.32. The van der Waals surface area contributed by atoms with E-state index in [-0.39, 0.29) is 37.7 Å². The summed E-state index contributed by atoms with van der Waals surface area (Å²) in [5.74, 6) is -3.23. The third kappa shape index (κ3) is 8.54. The summed E-state index contributed by atoms with van der Waals surface area (Å²) < 4.78 is 0. The zero-order chi connectivity index (χ0) is 22.0. The summed E-state index contributed by atoms with van der Waals surface area (Å²) in [5, 5.41) is 16.1. The van der Waals surface area contributed by atoms with E-state index in [0.29, 0.717) is 12.8 Å². The molecule has 1 aliphatic rings. The summed E-state index contributed by atoms with van der Waals surface area (Å²) in [6, 6.07) is -1.93. The fourth-order valence-corrected chi connectivity index (χ4v) is 2.40. The fourth-order valence-electron chi connectivity index (χ4n) is 2.40. The highest BCUT2D eigenvalue weighted by Gasteiger charge is 2.23. The van der Waals surface area contributed by atoms with E-state index in [2.05, 4.69) is 16.0 Å². The minimum Gasteiger partial charge on any atom is -0.480 e. The van der Waals surface area contributed by atoms with Gasteiger partial charge < -0.3 is 21.1 Å². The van der Waals surface area contributed by atoms with Gasteiger partial charge in [-0.3, -0.25) is 33.7 Å². The molecule has 0 saturated heterocycles. The molecule has 0 bridgehead atoms. The van der Waals surface area contributed by atoms with Crippen LogP contribution in [0.2, 0.25) is 0 Å². The number of carbonyl (C=O) groups excluding carboxylic acids is 5. The van der Waals surface area contributed by atoms with Crippen LogP contribution in [-0.2, 0) is 28.8 Å². The molecule has 1 aliphatic heterocycles. The number of hydrogen-bond donors (Lipinski definition) is 4. The van der Waals surface area contributed by atoms with Crippen LogP contribution in [0.25, 0.3) is 0 Å². The minimum atomic E-state index is -1.18. The Kier molecular flexibility index (Phi) is 9.49. The van der Waals surface area contributed by atoms with Gasteiger partial charge in [0.1, 0.15) is 12.1 Å². The molecule has 11 nitrogen and oxygen atoms in total. The first-order valence-electron chi connectivity index (χ1n) is 9.24. The first kappa shape index (κ1) is 23.8. The smallest absolute Gasteiger partial charge is 0.325 e. The molecule has 5 amide bonds. The summed E-state index contributed by atoms with van der Waals surface area (Å²) in [7, 11) is 0. The molecule has 0 fully saturated rings. The van der Waals surface area contributed by atoms with Crippen LogP contribution in [0.4, 0.5) is 0 Å². The lowest BCUT2D eigenvalue weighted by Gasteiger charge is -2.16. The highest BCUT2D eigenvalue weighted by atomic mass is 16.4. The number of amides is 5. The largest absolute Gasteiger partial charge is 0.480 e. The molecular weight excluding hydrogens is 384 g/mol. The van der Waals surface area contributed by atoms with E-state index in [1.165, 1.54) is 26.0 Å². The van der Waals surface area contributed by atoms with Crippen LogP contribution in [-0.4, -0.2) is 70.7 Å². The SMILES string of the molecule is CC(NC(=O)[C@H](C)NC(=O)CCCCC(=O)NCCN1C(=O)C=CC1=O)C(=O)O. The second-order valence-electron chi connectivity index (χ2n) is 6.58. The monoisotopic (exact) mass is 410 g/mol. The molecule has 160 valence electrons. The summed E-state index contributed by atoms with van der Waals surface area (Å²) in [5.41, 5.74) is 0. The topological polar surface area (TPSA) is 162 Å². The van der Waals surface area contributed by atoms with Crippen molar-refractivity contribution in [1.29, 1.82) is 0 Å². The van der Waals surface area contributed by atoms with Crippen LogP contribution < -0.4 is 16.0 Å². The van der Waals surface area contributed by atoms with Crippen molar-refractivity contribution in [2.45, 2.75) is 51.6 Å². The highest BCUT2D eigenvalue weighted by molar-refractivity contribution is 6.12. The van der Waals surface area contributed by atoms with Crippen molar-refractivity contribution in [3.05, 3.63) is 12.2 Å². The van der Waals surface area contributed by atoms with Gasteiger partial charge in [0, 0.05) is 38.1 Å². The van der Waals surface area contributed by atoms with Crippen molar-refractivity contribution in [2.75, 3.05) is 13.1 Å². The lowest BCUT2D eigenvalue weighted by molar-refractivity contribution is -0.141. The van der Waals surface area contributed by atoms with Crippen LogP contribution in [0.15, 0.2) is 12.2 Å². The normalized spacial score (nSPS) is 15.0. The maximum absolute atomic E-state index is 11.8. The number of nitrogens with one attached hydrogen (secondary N) is 3. The third-order valence-corrected chi connectivity index (χ3v) is 4.12. The summed E-state index contributed by atoms with van der Waals surface area (Å²) in [6.07, 6.45) is 3.51. The van der Waals surface area contributed by atoms with Gasteiger partial charge in [0.25, 0.3) is 11.8 Å². The number of aliphatic carboxylic acids is 1. The number of nitrogens with zero attached hydrogens (tertiary/aromatic N) is 1. The van der Waals surface area contributed by atoms with Crippen LogP contribution in [0.5, 0.6) is 0 Å².